The maximum atomic E-state index is 13.6. The molecule has 1 amide bonds. The van der Waals surface area contributed by atoms with Crippen LogP contribution in [-0.2, 0) is 56.8 Å². The molecule has 4 aromatic rings. The van der Waals surface area contributed by atoms with Crippen molar-refractivity contribution in [3.63, 3.8) is 0 Å². The molecule has 0 spiro atoms. The third kappa shape index (κ3) is 8.39. The van der Waals surface area contributed by atoms with E-state index in [9.17, 15) is 9.90 Å². The van der Waals surface area contributed by atoms with Crippen molar-refractivity contribution in [3.05, 3.63) is 132 Å². The number of ether oxygens (including phenoxy) is 1. The molecule has 0 fully saturated rings. The second-order valence-corrected chi connectivity index (χ2v) is 10.9. The van der Waals surface area contributed by atoms with Crippen LogP contribution in [0, 0.1) is 12.1 Å². The van der Waals surface area contributed by atoms with E-state index in [1.165, 1.54) is 0 Å². The van der Waals surface area contributed by atoms with Crippen LogP contribution in [0.2, 0.25) is 0 Å². The van der Waals surface area contributed by atoms with E-state index in [0.717, 1.165) is 34.9 Å². The Morgan fingerprint density at radius 2 is 1.49 bits per heavy atom. The maximum absolute atomic E-state index is 13.6. The number of hydrogen-bond donors (Lipinski definition) is 1. The van der Waals surface area contributed by atoms with Gasteiger partial charge in [0.25, 0.3) is 0 Å². The zero-order valence-electron chi connectivity index (χ0n) is 25.7. The Morgan fingerprint density at radius 1 is 0.889 bits per heavy atom. The van der Waals surface area contributed by atoms with Crippen LogP contribution in [0.25, 0.3) is 0 Å². The van der Waals surface area contributed by atoms with Crippen molar-refractivity contribution in [2.75, 3.05) is 46.4 Å². The minimum absolute atomic E-state index is 0. The summed E-state index contributed by atoms with van der Waals surface area (Å²) in [7, 11) is 1.61. The van der Waals surface area contributed by atoms with E-state index in [1.807, 2.05) is 66.9 Å². The summed E-state index contributed by atoms with van der Waals surface area (Å²) in [4.78, 5) is 26.4. The van der Waals surface area contributed by atoms with Gasteiger partial charge in [-0.15, -0.1) is 18.2 Å². The van der Waals surface area contributed by atoms with E-state index in [-0.39, 0.29) is 44.9 Å². The first-order valence-corrected chi connectivity index (χ1v) is 14.6. The zero-order valence-corrected chi connectivity index (χ0v) is 31.7. The summed E-state index contributed by atoms with van der Waals surface area (Å²) in [5.74, 6) is -0.155. The van der Waals surface area contributed by atoms with Gasteiger partial charge in [0.2, 0.25) is 5.91 Å². The first-order valence-electron chi connectivity index (χ1n) is 14.6. The van der Waals surface area contributed by atoms with Crippen molar-refractivity contribution in [2.24, 2.45) is 0 Å². The number of nitrogens with one attached hydrogen (secondary N) is 1. The number of rotatable bonds is 10. The molecule has 45 heavy (non-hydrogen) atoms. The molecular weight excluding hydrogens is 673 g/mol. The number of hydrogen-bond acceptors (Lipinski definition) is 7. The quantitative estimate of drug-likeness (QED) is 0.110. The van der Waals surface area contributed by atoms with Gasteiger partial charge in [0.15, 0.2) is 0 Å². The van der Waals surface area contributed by atoms with E-state index in [4.69, 9.17) is 4.74 Å². The molecule has 1 N–H and O–H groups in total. The predicted octanol–water partition coefficient (Wildman–Crippen LogP) is 0.340. The Bertz CT molecular complexity index is 1530. The number of aromatic nitrogens is 4. The van der Waals surface area contributed by atoms with Gasteiger partial charge in [0.1, 0.15) is 29.7 Å². The van der Waals surface area contributed by atoms with Gasteiger partial charge in [-0.05, 0) is 31.3 Å². The fourth-order valence-corrected chi connectivity index (χ4v) is 5.80. The summed E-state index contributed by atoms with van der Waals surface area (Å²) >= 11 is 0. The van der Waals surface area contributed by atoms with Gasteiger partial charge < -0.3 is 25.0 Å². The van der Waals surface area contributed by atoms with E-state index >= 15 is 0 Å². The molecule has 222 valence electrons. The largest absolute Gasteiger partial charge is 2.00 e. The van der Waals surface area contributed by atoms with Gasteiger partial charge in [-0.3, -0.25) is 23.9 Å². The first kappa shape index (κ1) is 34.8. The molecule has 4 aromatic heterocycles. The van der Waals surface area contributed by atoms with Crippen molar-refractivity contribution >= 4 is 5.91 Å². The second-order valence-electron chi connectivity index (χ2n) is 10.9. The van der Waals surface area contributed by atoms with Gasteiger partial charge in [-0.1, -0.05) is 36.4 Å². The molecule has 2 aliphatic rings. The fourth-order valence-electron chi connectivity index (χ4n) is 5.80. The molecule has 10 nitrogen and oxygen atoms in total. The summed E-state index contributed by atoms with van der Waals surface area (Å²) in [6.07, 6.45) is 6.69. The van der Waals surface area contributed by atoms with Crippen molar-refractivity contribution in [1.29, 1.82) is 0 Å². The number of carbonyl (C=O) groups is 1. The molecule has 0 saturated heterocycles. The van der Waals surface area contributed by atoms with Crippen LogP contribution in [0.15, 0.2) is 91.5 Å². The SMILES string of the molecule is COCCNC(=O)c1ccc2[n+](c1)[C-](c1ccccn1)CN(CC([O-])CN1Cc3cccc[n+]3[C-](c3ccccn3)C1)C2.[Zn+2].[Zn+2]. The molecule has 2 aliphatic heterocycles. The molecular formula is C33H36N7O3Zn2+3. The maximum Gasteiger partial charge on any atom is 2.00 e. The topological polar surface area (TPSA) is 101 Å². The van der Waals surface area contributed by atoms with Crippen LogP contribution in [0.1, 0.15) is 33.1 Å². The summed E-state index contributed by atoms with van der Waals surface area (Å²) in [5.41, 5.74) is 4.43. The number of nitrogens with zero attached hydrogens (tertiary/aromatic N) is 6. The summed E-state index contributed by atoms with van der Waals surface area (Å²) < 4.78 is 9.30. The van der Waals surface area contributed by atoms with Crippen molar-refractivity contribution in [2.45, 2.75) is 19.2 Å². The van der Waals surface area contributed by atoms with Crippen molar-refractivity contribution in [3.8, 4) is 0 Å². The van der Waals surface area contributed by atoms with Crippen LogP contribution in [0.4, 0.5) is 0 Å². The van der Waals surface area contributed by atoms with Gasteiger partial charge in [-0.25, -0.2) is 0 Å². The number of pyridine rings is 4. The molecule has 6 heterocycles. The van der Waals surface area contributed by atoms with Crippen molar-refractivity contribution < 1.29 is 62.7 Å². The van der Waals surface area contributed by atoms with Crippen LogP contribution in [-0.4, -0.2) is 78.2 Å². The average molecular weight is 709 g/mol. The molecule has 0 aromatic carbocycles. The van der Waals surface area contributed by atoms with E-state index in [0.29, 0.717) is 58.0 Å². The normalized spacial score (nSPS) is 15.2. The van der Waals surface area contributed by atoms with Gasteiger partial charge in [-0.2, -0.15) is 0 Å². The minimum Gasteiger partial charge on any atom is -0.850 e. The molecule has 0 aliphatic carbocycles. The molecule has 0 bridgehead atoms. The molecule has 1 atom stereocenters. The zero-order chi connectivity index (χ0) is 29.6. The Morgan fingerprint density at radius 3 is 2.09 bits per heavy atom. The standard InChI is InChI=1S/C33H36N7O3.2Zn/c1-43-17-15-36-33(42)25-11-12-27-20-38(24-32(40(27)18-25)30-10-3-6-14-35-30)22-28(41)21-37-19-26-8-4-7-16-39(26)31(23-37)29-9-2-5-13-34-29;;/h2-14,16,18,28H,15,17,19-24H2,1H3,(H,36,42);;/q-1;2*+2. The molecule has 0 saturated carbocycles. The Balaban J connectivity index is 0.00000230. The Kier molecular flexibility index (Phi) is 12.7. The molecule has 6 rings (SSSR count). The van der Waals surface area contributed by atoms with E-state index in [2.05, 4.69) is 46.5 Å². The number of methoxy groups -OCH3 is 1. The monoisotopic (exact) mass is 706 g/mol. The van der Waals surface area contributed by atoms with Crippen molar-refractivity contribution in [1.82, 2.24) is 25.1 Å². The van der Waals surface area contributed by atoms with Gasteiger partial charge in [0, 0.05) is 63.6 Å². The smallest absolute Gasteiger partial charge is 0.850 e. The Hall–Kier alpha value is -3.10. The van der Waals surface area contributed by atoms with E-state index in [1.54, 1.807) is 19.5 Å². The van der Waals surface area contributed by atoms with Crippen LogP contribution >= 0.6 is 0 Å². The van der Waals surface area contributed by atoms with Gasteiger partial charge >= 0.3 is 39.0 Å². The fraction of sp³-hybridized carbons (Fsp3) is 0.303. The number of amides is 1. The number of carbonyl (C=O) groups excluding carboxylic acids is 1. The minimum atomic E-state index is -0.817. The second kappa shape index (κ2) is 16.5. The third-order valence-corrected chi connectivity index (χ3v) is 7.78. The summed E-state index contributed by atoms with van der Waals surface area (Å²) in [5, 5.41) is 16.5. The molecule has 0 radical (unpaired) electrons. The van der Waals surface area contributed by atoms with Crippen LogP contribution in [0.3, 0.4) is 0 Å². The van der Waals surface area contributed by atoms with Crippen LogP contribution < -0.4 is 19.6 Å². The number of fused-ring (bicyclic) bond motifs is 2. The first-order chi connectivity index (χ1) is 21.1. The predicted molar refractivity (Wildman–Crippen MR) is 156 cm³/mol. The summed E-state index contributed by atoms with van der Waals surface area (Å²) in [6, 6.07) is 23.7. The third-order valence-electron chi connectivity index (χ3n) is 7.78. The Labute approximate surface area is 290 Å². The van der Waals surface area contributed by atoms with Gasteiger partial charge in [0.05, 0.1) is 18.4 Å². The van der Waals surface area contributed by atoms with Crippen LogP contribution in [0.5, 0.6) is 0 Å². The molecule has 1 unspecified atom stereocenters. The van der Waals surface area contributed by atoms with E-state index < -0.39 is 6.10 Å². The summed E-state index contributed by atoms with van der Waals surface area (Å²) in [6.45, 7) is 4.20. The average Bonchev–Trinajstić information content (AvgIpc) is 3.04. The molecule has 12 heteroatoms.